The van der Waals surface area contributed by atoms with Gasteiger partial charge in [0.2, 0.25) is 5.60 Å². The summed E-state index contributed by atoms with van der Waals surface area (Å²) in [6, 6.07) is 12.3. The van der Waals surface area contributed by atoms with Gasteiger partial charge in [0.05, 0.1) is 5.69 Å². The van der Waals surface area contributed by atoms with E-state index in [1.165, 1.54) is 17.8 Å². The van der Waals surface area contributed by atoms with E-state index in [9.17, 15) is 24.2 Å². The number of carbonyl (C=O) groups is 3. The Balaban J connectivity index is 1.52. The van der Waals surface area contributed by atoms with E-state index in [1.54, 1.807) is 42.5 Å². The lowest BCUT2D eigenvalue weighted by molar-refractivity contribution is -0.170. The molecule has 2 fully saturated rings. The van der Waals surface area contributed by atoms with Crippen LogP contribution in [0.3, 0.4) is 0 Å². The van der Waals surface area contributed by atoms with Crippen LogP contribution in [0.25, 0.3) is 5.52 Å². The molecule has 2 aliphatic rings. The van der Waals surface area contributed by atoms with Crippen molar-refractivity contribution in [2.24, 2.45) is 11.8 Å². The third-order valence-corrected chi connectivity index (χ3v) is 11.3. The van der Waals surface area contributed by atoms with Crippen molar-refractivity contribution in [2.75, 3.05) is 12.3 Å². The summed E-state index contributed by atoms with van der Waals surface area (Å²) < 4.78 is 52.3. The van der Waals surface area contributed by atoms with Gasteiger partial charge in [0.15, 0.2) is 18.0 Å². The van der Waals surface area contributed by atoms with Gasteiger partial charge in [0.25, 0.3) is 0 Å². The van der Waals surface area contributed by atoms with Crippen LogP contribution in [0.1, 0.15) is 104 Å². The maximum absolute atomic E-state index is 14.7. The molecule has 56 heavy (non-hydrogen) atoms. The first-order valence-electron chi connectivity index (χ1n) is 19.3. The number of ether oxygens (including phenoxy) is 4. The molecule has 1 aromatic carbocycles. The van der Waals surface area contributed by atoms with Crippen LogP contribution in [0.4, 0.5) is 5.82 Å². The number of nitrogens with one attached hydrogen (secondary N) is 1. The molecule has 1 aliphatic heterocycles. The SMILES string of the molecule is CC(C)CCC(=O)O[C@H]1[C@H](c2ccc3c(N)ncnn23)O[C@](C#N)(CO[P@@](=O)(N[C@@H](C)C(=O)OC2CCCCC2)Oc2ccccc2)[C@H]1OC(=O)CCC(C)C. The standard InChI is InChI=1S/C39H53N6O10P/c1-25(2)16-20-32(46)52-35-34(30-18-19-31-37(41)42-24-43-45(30)31)54-39(22-40,36(35)53-33(47)21-17-26(3)4)23-50-56(49,55-29-14-10-7-11-15-29)44-27(5)38(48)51-28-12-8-6-9-13-28/h7,10-11,14-15,18-19,24-28,34-36H,6,8-9,12-13,16-17,20-21,23H2,1-5H3,(H,44,49)(H2,41,42,43)/t27-,34-,35-,36-,39+,56-/m0/s1. The molecule has 0 amide bonds. The molecule has 3 aromatic rings. The highest BCUT2D eigenvalue weighted by atomic mass is 31.2. The van der Waals surface area contributed by atoms with Crippen molar-refractivity contribution in [2.45, 2.75) is 128 Å². The molecule has 3 N–H and O–H groups in total. The monoisotopic (exact) mass is 796 g/mol. The molecule has 6 atom stereocenters. The van der Waals surface area contributed by atoms with Crippen LogP contribution in [0.5, 0.6) is 5.75 Å². The molecule has 17 heteroatoms. The number of nitrogens with zero attached hydrogens (tertiary/aromatic N) is 4. The Bertz CT molecular complexity index is 1900. The molecule has 1 saturated heterocycles. The zero-order chi connectivity index (χ0) is 40.5. The molecular weight excluding hydrogens is 743 g/mol. The van der Waals surface area contributed by atoms with E-state index in [1.807, 2.05) is 27.7 Å². The summed E-state index contributed by atoms with van der Waals surface area (Å²) >= 11 is 0. The number of hydrogen-bond donors (Lipinski definition) is 2. The fourth-order valence-electron chi connectivity index (χ4n) is 6.58. The lowest BCUT2D eigenvalue weighted by Crippen LogP contribution is -2.50. The van der Waals surface area contributed by atoms with Crippen LogP contribution in [0, 0.1) is 23.2 Å². The maximum Gasteiger partial charge on any atom is 0.459 e. The molecule has 2 aromatic heterocycles. The molecule has 0 spiro atoms. The van der Waals surface area contributed by atoms with Crippen molar-refractivity contribution in [3.8, 4) is 11.8 Å². The summed E-state index contributed by atoms with van der Waals surface area (Å²) in [5, 5.41) is 18.0. The highest BCUT2D eigenvalue weighted by Gasteiger charge is 2.62. The lowest BCUT2D eigenvalue weighted by atomic mass is 9.95. The number of anilines is 1. The third kappa shape index (κ3) is 10.8. The van der Waals surface area contributed by atoms with Gasteiger partial charge in [0.1, 0.15) is 48.5 Å². The Morgan fingerprint density at radius 1 is 0.982 bits per heavy atom. The number of carbonyl (C=O) groups excluding carboxylic acids is 3. The summed E-state index contributed by atoms with van der Waals surface area (Å²) in [7, 11) is -4.57. The number of nitrogen functional groups attached to an aromatic ring is 1. The molecule has 1 aliphatic carbocycles. The predicted octanol–water partition coefficient (Wildman–Crippen LogP) is 6.40. The van der Waals surface area contributed by atoms with Gasteiger partial charge in [-0.15, -0.1) is 0 Å². The molecule has 0 bridgehead atoms. The summed E-state index contributed by atoms with van der Waals surface area (Å²) in [5.74, 6) is -1.33. The van der Waals surface area contributed by atoms with Gasteiger partial charge < -0.3 is 29.2 Å². The predicted molar refractivity (Wildman–Crippen MR) is 204 cm³/mol. The molecule has 5 rings (SSSR count). The van der Waals surface area contributed by atoms with Crippen molar-refractivity contribution >= 4 is 37.0 Å². The normalized spacial score (nSPS) is 23.0. The van der Waals surface area contributed by atoms with Gasteiger partial charge in [-0.2, -0.15) is 15.4 Å². The molecule has 1 saturated carbocycles. The molecule has 16 nitrogen and oxygen atoms in total. The summed E-state index contributed by atoms with van der Waals surface area (Å²) in [4.78, 5) is 44.2. The van der Waals surface area contributed by atoms with Crippen molar-refractivity contribution < 1.29 is 46.9 Å². The molecule has 304 valence electrons. The molecule has 0 unspecified atom stereocenters. The van der Waals surface area contributed by atoms with Crippen LogP contribution < -0.4 is 15.3 Å². The average molecular weight is 797 g/mol. The number of nitriles is 1. The molecular formula is C39H53N6O10P. The van der Waals surface area contributed by atoms with Gasteiger partial charge in [0, 0.05) is 12.8 Å². The van der Waals surface area contributed by atoms with Gasteiger partial charge >= 0.3 is 25.7 Å². The Morgan fingerprint density at radius 3 is 2.29 bits per heavy atom. The zero-order valence-corrected chi connectivity index (χ0v) is 33.5. The van der Waals surface area contributed by atoms with E-state index in [-0.39, 0.29) is 42.3 Å². The summed E-state index contributed by atoms with van der Waals surface area (Å²) in [6.07, 6.45) is 2.11. The number of para-hydroxylation sites is 1. The van der Waals surface area contributed by atoms with E-state index >= 15 is 0 Å². The summed E-state index contributed by atoms with van der Waals surface area (Å²) in [5.41, 5.74) is 4.60. The highest BCUT2D eigenvalue weighted by molar-refractivity contribution is 7.52. The second kappa shape index (κ2) is 19.1. The van der Waals surface area contributed by atoms with E-state index in [2.05, 4.69) is 21.2 Å². The largest absolute Gasteiger partial charge is 0.461 e. The Kier molecular flexibility index (Phi) is 14.5. The van der Waals surface area contributed by atoms with Crippen molar-refractivity contribution in [3.63, 3.8) is 0 Å². The van der Waals surface area contributed by atoms with Gasteiger partial charge in [-0.05, 0) is 81.5 Å². The average Bonchev–Trinajstić information content (AvgIpc) is 3.73. The second-order valence-electron chi connectivity index (χ2n) is 15.2. The first-order chi connectivity index (χ1) is 26.7. The topological polar surface area (TPSA) is 216 Å². The number of aromatic nitrogens is 3. The number of nitrogens with two attached hydrogens (primary N) is 1. The highest BCUT2D eigenvalue weighted by Crippen LogP contribution is 2.50. The van der Waals surface area contributed by atoms with Gasteiger partial charge in [-0.1, -0.05) is 52.3 Å². The minimum absolute atomic E-state index is 0.00911. The van der Waals surface area contributed by atoms with Crippen LogP contribution in [0.2, 0.25) is 0 Å². The Hall–Kier alpha value is -4.55. The van der Waals surface area contributed by atoms with E-state index in [0.29, 0.717) is 24.1 Å². The fourth-order valence-corrected chi connectivity index (χ4v) is 8.10. The van der Waals surface area contributed by atoms with Crippen LogP contribution in [-0.4, -0.2) is 69.1 Å². The van der Waals surface area contributed by atoms with Crippen molar-refractivity contribution in [3.05, 3.63) is 54.5 Å². The smallest absolute Gasteiger partial charge is 0.459 e. The zero-order valence-electron chi connectivity index (χ0n) is 32.6. The van der Waals surface area contributed by atoms with E-state index in [0.717, 1.165) is 32.1 Å². The second-order valence-corrected chi connectivity index (χ2v) is 16.9. The number of rotatable bonds is 18. The van der Waals surface area contributed by atoms with Crippen molar-refractivity contribution in [1.29, 1.82) is 5.26 Å². The fraction of sp³-hybridized carbons (Fsp3) is 0.590. The molecule has 0 radical (unpaired) electrons. The Labute approximate surface area is 327 Å². The van der Waals surface area contributed by atoms with Crippen LogP contribution in [-0.2, 0) is 42.4 Å². The number of hydrogen-bond acceptors (Lipinski definition) is 14. The minimum Gasteiger partial charge on any atom is -0.461 e. The lowest BCUT2D eigenvalue weighted by Gasteiger charge is -2.31. The number of fused-ring (bicyclic) bond motifs is 1. The minimum atomic E-state index is -4.57. The van der Waals surface area contributed by atoms with E-state index < -0.39 is 62.2 Å². The van der Waals surface area contributed by atoms with Gasteiger partial charge in [-0.3, -0.25) is 18.9 Å². The summed E-state index contributed by atoms with van der Waals surface area (Å²) in [6.45, 7) is 8.46. The van der Waals surface area contributed by atoms with Crippen molar-refractivity contribution in [1.82, 2.24) is 19.7 Å². The van der Waals surface area contributed by atoms with Crippen LogP contribution >= 0.6 is 7.75 Å². The number of benzene rings is 1. The third-order valence-electron chi connectivity index (χ3n) is 9.72. The first-order valence-corrected chi connectivity index (χ1v) is 20.8. The maximum atomic E-state index is 14.7. The number of esters is 3. The first kappa shape index (κ1) is 42.6. The quantitative estimate of drug-likeness (QED) is 0.0809. The molecule has 3 heterocycles. The van der Waals surface area contributed by atoms with E-state index in [4.69, 9.17) is 33.7 Å². The van der Waals surface area contributed by atoms with Gasteiger partial charge in [-0.25, -0.2) is 14.1 Å². The Morgan fingerprint density at radius 2 is 1.64 bits per heavy atom. The van der Waals surface area contributed by atoms with Crippen LogP contribution in [0.15, 0.2) is 48.8 Å².